The summed E-state index contributed by atoms with van der Waals surface area (Å²) < 4.78 is 13.4. The number of hydrogen-bond acceptors (Lipinski definition) is 3. The third-order valence-electron chi connectivity index (χ3n) is 4.85. The fraction of sp³-hybridized carbons (Fsp3) is 0.647. The number of likely N-dealkylation sites (tertiary alicyclic amines) is 1. The van der Waals surface area contributed by atoms with Gasteiger partial charge in [-0.15, -0.1) is 0 Å². The number of aliphatic hydroxyl groups excluding tert-OH is 1. The van der Waals surface area contributed by atoms with E-state index in [2.05, 4.69) is 9.80 Å². The summed E-state index contributed by atoms with van der Waals surface area (Å²) in [5.41, 5.74) is 1.69. The Morgan fingerprint density at radius 1 is 1.19 bits per heavy atom. The first-order chi connectivity index (χ1) is 10.1. The van der Waals surface area contributed by atoms with Crippen LogP contribution in [-0.2, 0) is 0 Å². The first-order valence-electron chi connectivity index (χ1n) is 8.11. The number of aliphatic hydroxyl groups is 1. The van der Waals surface area contributed by atoms with Crippen LogP contribution < -0.4 is 4.90 Å². The summed E-state index contributed by atoms with van der Waals surface area (Å²) in [5.74, 6) is -0.276. The third kappa shape index (κ3) is 3.22. The molecular formula is C17H25FN2O. The van der Waals surface area contributed by atoms with Crippen LogP contribution in [0.2, 0.25) is 0 Å². The minimum absolute atomic E-state index is 0.276. The molecule has 0 spiro atoms. The largest absolute Gasteiger partial charge is 0.389 e. The highest BCUT2D eigenvalue weighted by molar-refractivity contribution is 5.55. The van der Waals surface area contributed by atoms with Crippen molar-refractivity contribution in [2.75, 3.05) is 31.1 Å². The maximum Gasteiger partial charge on any atom is 0.123 e. The molecule has 0 saturated carbocycles. The molecule has 2 atom stereocenters. The van der Waals surface area contributed by atoms with Crippen molar-refractivity contribution in [3.63, 3.8) is 0 Å². The fourth-order valence-electron chi connectivity index (χ4n) is 3.69. The lowest BCUT2D eigenvalue weighted by molar-refractivity contribution is 0.174. The summed E-state index contributed by atoms with van der Waals surface area (Å²) in [6, 6.07) is 5.39. The van der Waals surface area contributed by atoms with E-state index in [9.17, 15) is 9.50 Å². The van der Waals surface area contributed by atoms with Crippen molar-refractivity contribution in [2.24, 2.45) is 0 Å². The lowest BCUT2D eigenvalue weighted by Crippen LogP contribution is -2.41. The highest BCUT2D eigenvalue weighted by Gasteiger charge is 2.29. The quantitative estimate of drug-likeness (QED) is 0.928. The summed E-state index contributed by atoms with van der Waals surface area (Å²) in [7, 11) is 0. The zero-order valence-corrected chi connectivity index (χ0v) is 12.8. The maximum absolute atomic E-state index is 13.4. The summed E-state index contributed by atoms with van der Waals surface area (Å²) in [4.78, 5) is 4.91. The summed E-state index contributed by atoms with van der Waals surface area (Å²) in [6.07, 6.45) is 4.51. The van der Waals surface area contributed by atoms with Crippen LogP contribution in [0, 0.1) is 5.82 Å². The maximum atomic E-state index is 13.4. The van der Waals surface area contributed by atoms with Crippen molar-refractivity contribution in [3.05, 3.63) is 29.6 Å². The molecule has 2 unspecified atom stereocenters. The Bertz CT molecular complexity index is 486. The van der Waals surface area contributed by atoms with Crippen molar-refractivity contribution in [1.29, 1.82) is 0 Å². The number of benzene rings is 1. The molecular weight excluding hydrogens is 267 g/mol. The van der Waals surface area contributed by atoms with Crippen LogP contribution in [0.4, 0.5) is 10.1 Å². The van der Waals surface area contributed by atoms with Crippen LogP contribution >= 0.6 is 0 Å². The molecule has 0 aliphatic carbocycles. The van der Waals surface area contributed by atoms with Crippen LogP contribution in [0.25, 0.3) is 0 Å². The number of nitrogens with zero attached hydrogens (tertiary/aromatic N) is 2. The van der Waals surface area contributed by atoms with Crippen molar-refractivity contribution in [3.8, 4) is 0 Å². The molecule has 0 bridgehead atoms. The molecule has 0 amide bonds. The van der Waals surface area contributed by atoms with Gasteiger partial charge in [-0.25, -0.2) is 4.39 Å². The van der Waals surface area contributed by atoms with Gasteiger partial charge in [0.1, 0.15) is 5.82 Å². The van der Waals surface area contributed by atoms with Gasteiger partial charge in [0.25, 0.3) is 0 Å². The Kier molecular flexibility index (Phi) is 4.45. The van der Waals surface area contributed by atoms with E-state index < -0.39 is 6.10 Å². The van der Waals surface area contributed by atoms with E-state index in [1.165, 1.54) is 44.5 Å². The molecule has 4 heteroatoms. The lowest BCUT2D eigenvalue weighted by Gasteiger charge is -2.32. The molecule has 2 fully saturated rings. The molecule has 1 N–H and O–H groups in total. The summed E-state index contributed by atoms with van der Waals surface area (Å²) in [6.45, 7) is 6.12. The van der Waals surface area contributed by atoms with Gasteiger partial charge < -0.3 is 10.0 Å². The molecule has 2 aliphatic rings. The normalized spacial score (nSPS) is 25.3. The number of piperidine rings is 1. The Morgan fingerprint density at radius 2 is 1.95 bits per heavy atom. The Morgan fingerprint density at radius 3 is 2.67 bits per heavy atom. The monoisotopic (exact) mass is 292 g/mol. The Balaban J connectivity index is 1.73. The van der Waals surface area contributed by atoms with Gasteiger partial charge in [0.05, 0.1) is 6.10 Å². The van der Waals surface area contributed by atoms with Crippen molar-refractivity contribution < 1.29 is 9.50 Å². The van der Waals surface area contributed by atoms with Crippen LogP contribution in [-0.4, -0.2) is 42.2 Å². The second-order valence-corrected chi connectivity index (χ2v) is 6.36. The average molecular weight is 292 g/mol. The summed E-state index contributed by atoms with van der Waals surface area (Å²) >= 11 is 0. The standard InChI is InChI=1S/C17H25FN2O/c1-13(21)16-11-14(18)5-6-17(16)20-10-7-15(12-20)19-8-3-2-4-9-19/h5-6,11,13,15,21H,2-4,7-10,12H2,1H3. The second kappa shape index (κ2) is 6.32. The van der Waals surface area contributed by atoms with E-state index in [0.717, 1.165) is 25.2 Å². The molecule has 2 aliphatic heterocycles. The molecule has 0 aromatic heterocycles. The zero-order chi connectivity index (χ0) is 14.8. The molecule has 116 valence electrons. The summed E-state index contributed by atoms with van der Waals surface area (Å²) in [5, 5.41) is 9.90. The van der Waals surface area contributed by atoms with Gasteiger partial charge in [-0.1, -0.05) is 6.42 Å². The van der Waals surface area contributed by atoms with E-state index in [4.69, 9.17) is 0 Å². The first kappa shape index (κ1) is 14.8. The third-order valence-corrected chi connectivity index (χ3v) is 4.85. The van der Waals surface area contributed by atoms with Crippen molar-refractivity contribution in [2.45, 2.75) is 44.8 Å². The predicted octanol–water partition coefficient (Wildman–Crippen LogP) is 2.94. The molecule has 0 radical (unpaired) electrons. The lowest BCUT2D eigenvalue weighted by atomic mass is 10.1. The number of halogens is 1. The molecule has 2 saturated heterocycles. The highest BCUT2D eigenvalue weighted by Crippen LogP contribution is 2.31. The van der Waals surface area contributed by atoms with Gasteiger partial charge in [-0.3, -0.25) is 4.90 Å². The number of rotatable bonds is 3. The van der Waals surface area contributed by atoms with E-state index >= 15 is 0 Å². The average Bonchev–Trinajstić information content (AvgIpc) is 2.97. The topological polar surface area (TPSA) is 26.7 Å². The zero-order valence-electron chi connectivity index (χ0n) is 12.8. The van der Waals surface area contributed by atoms with Gasteiger partial charge in [0.2, 0.25) is 0 Å². The number of hydrogen-bond donors (Lipinski definition) is 1. The van der Waals surface area contributed by atoms with Crippen LogP contribution in [0.3, 0.4) is 0 Å². The second-order valence-electron chi connectivity index (χ2n) is 6.36. The first-order valence-corrected chi connectivity index (χ1v) is 8.11. The SMILES string of the molecule is CC(O)c1cc(F)ccc1N1CCC(N2CCCCC2)C1. The van der Waals surface area contributed by atoms with Gasteiger partial charge in [0.15, 0.2) is 0 Å². The van der Waals surface area contributed by atoms with Gasteiger partial charge >= 0.3 is 0 Å². The van der Waals surface area contributed by atoms with Crippen LogP contribution in [0.15, 0.2) is 18.2 Å². The molecule has 3 nitrogen and oxygen atoms in total. The molecule has 2 heterocycles. The minimum atomic E-state index is -0.635. The Labute approximate surface area is 126 Å². The Hall–Kier alpha value is -1.13. The van der Waals surface area contributed by atoms with E-state index in [-0.39, 0.29) is 5.82 Å². The van der Waals surface area contributed by atoms with Crippen molar-refractivity contribution in [1.82, 2.24) is 4.90 Å². The highest BCUT2D eigenvalue weighted by atomic mass is 19.1. The van der Waals surface area contributed by atoms with Crippen LogP contribution in [0.1, 0.15) is 44.3 Å². The molecule has 21 heavy (non-hydrogen) atoms. The van der Waals surface area contributed by atoms with E-state index in [1.807, 2.05) is 6.07 Å². The van der Waals surface area contributed by atoms with Crippen LogP contribution in [0.5, 0.6) is 0 Å². The fourth-order valence-corrected chi connectivity index (χ4v) is 3.69. The molecule has 1 aromatic rings. The van der Waals surface area contributed by atoms with Gasteiger partial charge in [0, 0.05) is 30.4 Å². The van der Waals surface area contributed by atoms with Gasteiger partial charge in [-0.05, 0) is 57.5 Å². The molecule has 3 rings (SSSR count). The minimum Gasteiger partial charge on any atom is -0.389 e. The smallest absolute Gasteiger partial charge is 0.123 e. The number of anilines is 1. The van der Waals surface area contributed by atoms with E-state index in [1.54, 1.807) is 6.92 Å². The molecule has 1 aromatic carbocycles. The van der Waals surface area contributed by atoms with Gasteiger partial charge in [-0.2, -0.15) is 0 Å². The van der Waals surface area contributed by atoms with E-state index in [0.29, 0.717) is 11.6 Å². The van der Waals surface area contributed by atoms with Crippen molar-refractivity contribution >= 4 is 5.69 Å². The predicted molar refractivity (Wildman–Crippen MR) is 83.1 cm³/mol.